The van der Waals surface area contributed by atoms with E-state index in [4.69, 9.17) is 35.3 Å². The normalized spacial score (nSPS) is 18.2. The van der Waals surface area contributed by atoms with Crippen LogP contribution in [0.25, 0.3) is 0 Å². The predicted molar refractivity (Wildman–Crippen MR) is 113 cm³/mol. The Kier molecular flexibility index (Phi) is 6.77. The number of nitrogens with zero attached hydrogens (tertiary/aromatic N) is 1. The topological polar surface area (TPSA) is 49.4 Å². The van der Waals surface area contributed by atoms with E-state index in [2.05, 4.69) is 19.0 Å². The molecule has 0 aromatic heterocycles. The molecule has 0 N–H and O–H groups in total. The maximum absolute atomic E-state index is 6.28. The lowest BCUT2D eigenvalue weighted by molar-refractivity contribution is -0.0178. The summed E-state index contributed by atoms with van der Waals surface area (Å²) in [6, 6.07) is 9.55. The van der Waals surface area contributed by atoms with Crippen LogP contribution in [-0.4, -0.2) is 53.5 Å². The van der Waals surface area contributed by atoms with Crippen LogP contribution >= 0.6 is 11.6 Å². The van der Waals surface area contributed by atoms with Crippen molar-refractivity contribution in [3.63, 3.8) is 0 Å². The van der Waals surface area contributed by atoms with Crippen LogP contribution in [-0.2, 0) is 16.9 Å². The fraction of sp³-hybridized carbons (Fsp3) is 0.455. The Hall–Kier alpha value is -2.15. The van der Waals surface area contributed by atoms with Crippen molar-refractivity contribution in [3.8, 4) is 23.0 Å². The van der Waals surface area contributed by atoms with E-state index < -0.39 is 0 Å². The molecule has 158 valence electrons. The van der Waals surface area contributed by atoms with Crippen LogP contribution in [0.5, 0.6) is 23.0 Å². The Morgan fingerprint density at radius 1 is 1.03 bits per heavy atom. The van der Waals surface area contributed by atoms with Crippen LogP contribution in [0.2, 0.25) is 5.02 Å². The molecule has 1 unspecified atom stereocenters. The van der Waals surface area contributed by atoms with Gasteiger partial charge in [0.2, 0.25) is 5.75 Å². The van der Waals surface area contributed by atoms with Gasteiger partial charge in [-0.3, -0.25) is 4.90 Å². The van der Waals surface area contributed by atoms with Gasteiger partial charge in [0, 0.05) is 17.0 Å². The lowest BCUT2D eigenvalue weighted by Gasteiger charge is -2.43. The molecule has 2 aromatic carbocycles. The highest BCUT2D eigenvalue weighted by molar-refractivity contribution is 6.30. The van der Waals surface area contributed by atoms with Gasteiger partial charge in [-0.2, -0.15) is 0 Å². The van der Waals surface area contributed by atoms with Gasteiger partial charge in [-0.15, -0.1) is 0 Å². The molecule has 1 aliphatic rings. The first-order valence-corrected chi connectivity index (χ1v) is 9.80. The summed E-state index contributed by atoms with van der Waals surface area (Å²) in [6.07, 6.45) is 0.808. The van der Waals surface area contributed by atoms with E-state index in [1.54, 1.807) is 21.3 Å². The molecule has 0 aliphatic carbocycles. The van der Waals surface area contributed by atoms with E-state index in [0.717, 1.165) is 23.3 Å². The van der Waals surface area contributed by atoms with Crippen LogP contribution in [0.4, 0.5) is 0 Å². The monoisotopic (exact) mass is 421 g/mol. The van der Waals surface area contributed by atoms with Gasteiger partial charge in [0.15, 0.2) is 11.5 Å². The molecule has 0 amide bonds. The highest BCUT2D eigenvalue weighted by Gasteiger charge is 2.40. The summed E-state index contributed by atoms with van der Waals surface area (Å²) < 4.78 is 28.3. The van der Waals surface area contributed by atoms with Gasteiger partial charge in [-0.25, -0.2) is 0 Å². The van der Waals surface area contributed by atoms with Gasteiger partial charge in [0.25, 0.3) is 0 Å². The molecular weight excluding hydrogens is 394 g/mol. The first kappa shape index (κ1) is 21.6. The third kappa shape index (κ3) is 4.25. The third-order valence-corrected chi connectivity index (χ3v) is 5.64. The average molecular weight is 422 g/mol. The van der Waals surface area contributed by atoms with E-state index >= 15 is 0 Å². The number of hydrogen-bond donors (Lipinski definition) is 0. The molecule has 0 saturated heterocycles. The van der Waals surface area contributed by atoms with Crippen molar-refractivity contribution in [1.29, 1.82) is 0 Å². The Morgan fingerprint density at radius 2 is 1.72 bits per heavy atom. The molecule has 2 aromatic rings. The van der Waals surface area contributed by atoms with Crippen molar-refractivity contribution in [1.82, 2.24) is 4.90 Å². The molecule has 1 heterocycles. The summed E-state index contributed by atoms with van der Waals surface area (Å²) in [5.74, 6) is 2.63. The van der Waals surface area contributed by atoms with Crippen LogP contribution < -0.4 is 18.9 Å². The zero-order valence-corrected chi connectivity index (χ0v) is 18.3. The highest BCUT2D eigenvalue weighted by Crippen LogP contribution is 2.42. The largest absolute Gasteiger partial charge is 0.493 e. The molecule has 0 bridgehead atoms. The summed E-state index contributed by atoms with van der Waals surface area (Å²) in [7, 11) is 8.90. The third-order valence-electron chi connectivity index (χ3n) is 5.41. The van der Waals surface area contributed by atoms with Gasteiger partial charge < -0.3 is 23.7 Å². The Bertz CT molecular complexity index is 832. The second-order valence-electron chi connectivity index (χ2n) is 7.19. The molecule has 0 spiro atoms. The van der Waals surface area contributed by atoms with Crippen molar-refractivity contribution >= 4 is 11.6 Å². The second kappa shape index (κ2) is 9.11. The van der Waals surface area contributed by atoms with Crippen LogP contribution in [0.1, 0.15) is 17.5 Å². The molecular formula is C22H28ClNO5. The molecule has 29 heavy (non-hydrogen) atoms. The van der Waals surface area contributed by atoms with Crippen LogP contribution in [0.3, 0.4) is 0 Å². The number of methoxy groups -OCH3 is 3. The van der Waals surface area contributed by atoms with Gasteiger partial charge in [-0.1, -0.05) is 11.6 Å². The minimum absolute atomic E-state index is 0.320. The van der Waals surface area contributed by atoms with Gasteiger partial charge >= 0.3 is 0 Å². The van der Waals surface area contributed by atoms with Crippen molar-refractivity contribution < 1.29 is 23.7 Å². The van der Waals surface area contributed by atoms with Crippen molar-refractivity contribution in [2.75, 3.05) is 48.6 Å². The minimum Gasteiger partial charge on any atom is -0.493 e. The first-order chi connectivity index (χ1) is 13.9. The Morgan fingerprint density at radius 3 is 2.31 bits per heavy atom. The summed E-state index contributed by atoms with van der Waals surface area (Å²) >= 11 is 6.28. The standard InChI is InChI=1S/C22H28ClNO5/c1-24(2)22(8-9-29-18-7-6-16(23)12-17(18)22)14-28-13-15-10-19(25-3)21(27-5)20(11-15)26-4/h6-7,10-12H,8-9,13-14H2,1-5H3. The van der Waals surface area contributed by atoms with Gasteiger partial charge in [0.1, 0.15) is 5.75 Å². The Labute approximate surface area is 177 Å². The van der Waals surface area contributed by atoms with E-state index in [1.807, 2.05) is 30.3 Å². The Balaban J connectivity index is 1.83. The maximum atomic E-state index is 6.28. The first-order valence-electron chi connectivity index (χ1n) is 9.42. The van der Waals surface area contributed by atoms with Crippen molar-refractivity contribution in [2.24, 2.45) is 0 Å². The molecule has 0 saturated carbocycles. The summed E-state index contributed by atoms with van der Waals surface area (Å²) in [4.78, 5) is 2.18. The summed E-state index contributed by atoms with van der Waals surface area (Å²) in [5, 5.41) is 0.685. The molecule has 3 rings (SSSR count). The minimum atomic E-state index is -0.320. The zero-order valence-electron chi connectivity index (χ0n) is 17.6. The number of halogens is 1. The molecule has 1 atom stereocenters. The molecule has 6 nitrogen and oxygen atoms in total. The van der Waals surface area contributed by atoms with E-state index in [1.165, 1.54) is 0 Å². The lowest BCUT2D eigenvalue weighted by Crippen LogP contribution is -2.48. The van der Waals surface area contributed by atoms with Crippen molar-refractivity contribution in [3.05, 3.63) is 46.5 Å². The van der Waals surface area contributed by atoms with Crippen LogP contribution in [0.15, 0.2) is 30.3 Å². The number of fused-ring (bicyclic) bond motifs is 1. The molecule has 7 heteroatoms. The SMILES string of the molecule is COc1cc(COCC2(N(C)C)CCOc3ccc(Cl)cc32)cc(OC)c1OC. The van der Waals surface area contributed by atoms with Gasteiger partial charge in [0.05, 0.1) is 46.7 Å². The highest BCUT2D eigenvalue weighted by atomic mass is 35.5. The average Bonchev–Trinajstić information content (AvgIpc) is 2.72. The van der Waals surface area contributed by atoms with Crippen LogP contribution in [0, 0.1) is 0 Å². The summed E-state index contributed by atoms with van der Waals surface area (Å²) in [5.41, 5.74) is 1.66. The van der Waals surface area contributed by atoms with E-state index in [0.29, 0.717) is 42.1 Å². The number of likely N-dealkylation sites (N-methyl/N-ethyl adjacent to an activating group) is 1. The van der Waals surface area contributed by atoms with Crippen molar-refractivity contribution in [2.45, 2.75) is 18.6 Å². The smallest absolute Gasteiger partial charge is 0.203 e. The quantitative estimate of drug-likeness (QED) is 0.639. The maximum Gasteiger partial charge on any atom is 0.203 e. The van der Waals surface area contributed by atoms with E-state index in [9.17, 15) is 0 Å². The molecule has 0 radical (unpaired) electrons. The molecule has 0 fully saturated rings. The summed E-state index contributed by atoms with van der Waals surface area (Å²) in [6.45, 7) is 1.52. The fourth-order valence-corrected chi connectivity index (χ4v) is 3.93. The number of rotatable bonds is 8. The fourth-order valence-electron chi connectivity index (χ4n) is 3.76. The second-order valence-corrected chi connectivity index (χ2v) is 7.63. The number of ether oxygens (including phenoxy) is 5. The van der Waals surface area contributed by atoms with E-state index in [-0.39, 0.29) is 5.54 Å². The zero-order chi connectivity index (χ0) is 21.0. The number of hydrogen-bond acceptors (Lipinski definition) is 6. The molecule has 1 aliphatic heterocycles. The van der Waals surface area contributed by atoms with Gasteiger partial charge in [-0.05, 0) is 50.0 Å². The predicted octanol–water partition coefficient (Wildman–Crippen LogP) is 4.12. The number of benzene rings is 2. The lowest BCUT2D eigenvalue weighted by atomic mass is 9.84.